The number of pyridine rings is 1. The highest BCUT2D eigenvalue weighted by atomic mass is 16.5. The van der Waals surface area contributed by atoms with E-state index < -0.39 is 23.8 Å². The maximum atomic E-state index is 12.9. The molecule has 2 heterocycles. The maximum absolute atomic E-state index is 12.9. The standard InChI is InChI=1S/C22H23N3O5/c1-29-18-11-13(8-9-17(18)30-14-5-2-3-6-14)16(12-19(23)26)25-21(27)15-7-4-10-24-20(15)22(25)28/h4,7-11,14,16H,2-3,5-6,12H2,1H3,(H2,23,26). The summed E-state index contributed by atoms with van der Waals surface area (Å²) in [6, 6.07) is 7.44. The first-order valence-corrected chi connectivity index (χ1v) is 9.95. The zero-order valence-corrected chi connectivity index (χ0v) is 16.7. The van der Waals surface area contributed by atoms with Crippen LogP contribution in [0.4, 0.5) is 0 Å². The van der Waals surface area contributed by atoms with Crippen molar-refractivity contribution in [3.63, 3.8) is 0 Å². The summed E-state index contributed by atoms with van der Waals surface area (Å²) in [7, 11) is 1.52. The molecule has 1 aromatic heterocycles. The first kappa shape index (κ1) is 19.9. The Morgan fingerprint density at radius 1 is 1.20 bits per heavy atom. The van der Waals surface area contributed by atoms with Crippen LogP contribution < -0.4 is 15.2 Å². The molecular weight excluding hydrogens is 386 g/mol. The fourth-order valence-corrected chi connectivity index (χ4v) is 4.09. The third kappa shape index (κ3) is 3.60. The Labute approximate surface area is 174 Å². The molecule has 1 aliphatic carbocycles. The second-order valence-corrected chi connectivity index (χ2v) is 7.50. The molecule has 0 radical (unpaired) electrons. The molecule has 2 aliphatic rings. The van der Waals surface area contributed by atoms with E-state index >= 15 is 0 Å². The number of carbonyl (C=O) groups is 3. The van der Waals surface area contributed by atoms with Crippen molar-refractivity contribution in [1.82, 2.24) is 9.88 Å². The number of fused-ring (bicyclic) bond motifs is 1. The Bertz CT molecular complexity index is 965. The van der Waals surface area contributed by atoms with E-state index in [0.717, 1.165) is 30.6 Å². The molecule has 8 heteroatoms. The Balaban J connectivity index is 1.68. The van der Waals surface area contributed by atoms with Crippen molar-refractivity contribution in [2.24, 2.45) is 5.73 Å². The minimum atomic E-state index is -0.869. The van der Waals surface area contributed by atoms with Gasteiger partial charge in [0.1, 0.15) is 5.69 Å². The van der Waals surface area contributed by atoms with Crippen LogP contribution in [0, 0.1) is 0 Å². The quantitative estimate of drug-likeness (QED) is 0.704. The summed E-state index contributed by atoms with van der Waals surface area (Å²) in [5.74, 6) is -0.611. The van der Waals surface area contributed by atoms with Crippen LogP contribution in [-0.2, 0) is 4.79 Å². The summed E-state index contributed by atoms with van der Waals surface area (Å²) in [4.78, 5) is 42.7. The first-order chi connectivity index (χ1) is 14.5. The van der Waals surface area contributed by atoms with Crippen LogP contribution >= 0.6 is 0 Å². The van der Waals surface area contributed by atoms with E-state index in [2.05, 4.69) is 4.98 Å². The molecule has 0 saturated heterocycles. The first-order valence-electron chi connectivity index (χ1n) is 9.95. The van der Waals surface area contributed by atoms with E-state index in [1.54, 1.807) is 30.3 Å². The van der Waals surface area contributed by atoms with E-state index in [0.29, 0.717) is 17.1 Å². The lowest BCUT2D eigenvalue weighted by Gasteiger charge is -2.26. The van der Waals surface area contributed by atoms with Gasteiger partial charge in [-0.05, 0) is 55.5 Å². The molecule has 2 aromatic rings. The average Bonchev–Trinajstić information content (AvgIpc) is 3.34. The molecule has 4 rings (SSSR count). The highest BCUT2D eigenvalue weighted by Crippen LogP contribution is 2.38. The molecule has 1 fully saturated rings. The molecule has 156 valence electrons. The van der Waals surface area contributed by atoms with E-state index in [4.69, 9.17) is 15.2 Å². The van der Waals surface area contributed by atoms with Gasteiger partial charge in [-0.25, -0.2) is 0 Å². The summed E-state index contributed by atoms with van der Waals surface area (Å²) in [6.07, 6.45) is 5.66. The maximum Gasteiger partial charge on any atom is 0.280 e. The van der Waals surface area contributed by atoms with Gasteiger partial charge in [0.15, 0.2) is 11.5 Å². The Hall–Kier alpha value is -3.42. The molecule has 3 amide bonds. The van der Waals surface area contributed by atoms with Crippen molar-refractivity contribution in [3.8, 4) is 11.5 Å². The largest absolute Gasteiger partial charge is 0.493 e. The van der Waals surface area contributed by atoms with Crippen LogP contribution in [0.3, 0.4) is 0 Å². The average molecular weight is 409 g/mol. The molecule has 1 saturated carbocycles. The fraction of sp³-hybridized carbons (Fsp3) is 0.364. The Morgan fingerprint density at radius 3 is 2.63 bits per heavy atom. The van der Waals surface area contributed by atoms with Gasteiger partial charge in [-0.2, -0.15) is 0 Å². The third-order valence-corrected chi connectivity index (χ3v) is 5.55. The number of amides is 3. The fourth-order valence-electron chi connectivity index (χ4n) is 4.09. The molecule has 0 bridgehead atoms. The normalized spacial score (nSPS) is 17.2. The van der Waals surface area contributed by atoms with Crippen LogP contribution in [0.5, 0.6) is 11.5 Å². The molecule has 1 atom stereocenters. The number of nitrogens with two attached hydrogens (primary N) is 1. The molecule has 0 spiro atoms. The number of hydrogen-bond acceptors (Lipinski definition) is 6. The number of benzene rings is 1. The smallest absolute Gasteiger partial charge is 0.280 e. The SMILES string of the molecule is COc1cc(C(CC(N)=O)N2C(=O)c3cccnc3C2=O)ccc1OC1CCCC1. The minimum absolute atomic E-state index is 0.0742. The lowest BCUT2D eigenvalue weighted by molar-refractivity contribution is -0.118. The number of hydrogen-bond donors (Lipinski definition) is 1. The van der Waals surface area contributed by atoms with Crippen LogP contribution in [-0.4, -0.2) is 40.8 Å². The molecule has 8 nitrogen and oxygen atoms in total. The van der Waals surface area contributed by atoms with Crippen LogP contribution in [0.25, 0.3) is 0 Å². The molecule has 1 aliphatic heterocycles. The molecule has 30 heavy (non-hydrogen) atoms. The van der Waals surface area contributed by atoms with Gasteiger partial charge in [0.25, 0.3) is 11.8 Å². The van der Waals surface area contributed by atoms with Crippen molar-refractivity contribution < 1.29 is 23.9 Å². The van der Waals surface area contributed by atoms with E-state index in [-0.39, 0.29) is 23.8 Å². The predicted octanol–water partition coefficient (Wildman–Crippen LogP) is 2.62. The lowest BCUT2D eigenvalue weighted by atomic mass is 10.0. The lowest BCUT2D eigenvalue weighted by Crippen LogP contribution is -2.36. The second-order valence-electron chi connectivity index (χ2n) is 7.50. The van der Waals surface area contributed by atoms with Crippen molar-refractivity contribution in [2.45, 2.75) is 44.2 Å². The van der Waals surface area contributed by atoms with Crippen molar-refractivity contribution in [1.29, 1.82) is 0 Å². The van der Waals surface area contributed by atoms with Crippen LogP contribution in [0.2, 0.25) is 0 Å². The van der Waals surface area contributed by atoms with Gasteiger partial charge in [0.2, 0.25) is 5.91 Å². The van der Waals surface area contributed by atoms with Gasteiger partial charge in [-0.1, -0.05) is 6.07 Å². The van der Waals surface area contributed by atoms with Gasteiger partial charge >= 0.3 is 0 Å². The van der Waals surface area contributed by atoms with E-state index in [9.17, 15) is 14.4 Å². The van der Waals surface area contributed by atoms with Gasteiger partial charge in [-0.15, -0.1) is 0 Å². The third-order valence-electron chi connectivity index (χ3n) is 5.55. The number of carbonyl (C=O) groups excluding carboxylic acids is 3. The second kappa shape index (κ2) is 8.14. The van der Waals surface area contributed by atoms with Crippen LogP contribution in [0.1, 0.15) is 64.6 Å². The van der Waals surface area contributed by atoms with Crippen molar-refractivity contribution in [2.75, 3.05) is 7.11 Å². The van der Waals surface area contributed by atoms with Crippen molar-refractivity contribution in [3.05, 3.63) is 53.3 Å². The Morgan fingerprint density at radius 2 is 1.97 bits per heavy atom. The number of methoxy groups -OCH3 is 1. The van der Waals surface area contributed by atoms with Crippen LogP contribution in [0.15, 0.2) is 36.5 Å². The molecule has 1 aromatic carbocycles. The number of primary amides is 1. The summed E-state index contributed by atoms with van der Waals surface area (Å²) < 4.78 is 11.5. The minimum Gasteiger partial charge on any atom is -0.493 e. The monoisotopic (exact) mass is 409 g/mol. The predicted molar refractivity (Wildman–Crippen MR) is 107 cm³/mol. The highest BCUT2D eigenvalue weighted by Gasteiger charge is 2.42. The summed E-state index contributed by atoms with van der Waals surface area (Å²) in [5.41, 5.74) is 6.29. The Kier molecular flexibility index (Phi) is 5.39. The highest BCUT2D eigenvalue weighted by molar-refractivity contribution is 6.20. The van der Waals surface area contributed by atoms with Gasteiger partial charge in [0.05, 0.1) is 31.2 Å². The molecule has 2 N–H and O–H groups in total. The number of imide groups is 1. The number of nitrogens with zero attached hydrogens (tertiary/aromatic N) is 2. The summed E-state index contributed by atoms with van der Waals surface area (Å²) >= 11 is 0. The molecule has 1 unspecified atom stereocenters. The topological polar surface area (TPSA) is 112 Å². The van der Waals surface area contributed by atoms with E-state index in [1.165, 1.54) is 13.3 Å². The van der Waals surface area contributed by atoms with Crippen molar-refractivity contribution >= 4 is 17.7 Å². The summed E-state index contributed by atoms with van der Waals surface area (Å²) in [5, 5.41) is 0. The van der Waals surface area contributed by atoms with Gasteiger partial charge in [0, 0.05) is 6.20 Å². The molecular formula is C22H23N3O5. The van der Waals surface area contributed by atoms with E-state index in [1.807, 2.05) is 0 Å². The zero-order chi connectivity index (χ0) is 21.3. The van der Waals surface area contributed by atoms with Gasteiger partial charge in [-0.3, -0.25) is 24.3 Å². The number of rotatable bonds is 7. The number of aromatic nitrogens is 1. The number of ether oxygens (including phenoxy) is 2. The van der Waals surface area contributed by atoms with Gasteiger partial charge < -0.3 is 15.2 Å². The zero-order valence-electron chi connectivity index (χ0n) is 16.7. The summed E-state index contributed by atoms with van der Waals surface area (Å²) in [6.45, 7) is 0.